The minimum absolute atomic E-state index is 0.0381. The molecule has 0 bridgehead atoms. The van der Waals surface area contributed by atoms with Crippen LogP contribution in [0.3, 0.4) is 0 Å². The van der Waals surface area contributed by atoms with E-state index in [1.807, 2.05) is 6.07 Å². The van der Waals surface area contributed by atoms with E-state index in [4.69, 9.17) is 4.42 Å². The number of amides is 2. The van der Waals surface area contributed by atoms with E-state index in [1.54, 1.807) is 6.07 Å². The average Bonchev–Trinajstić information content (AvgIpc) is 2.58. The lowest BCUT2D eigenvalue weighted by Gasteiger charge is -2.02. The molecule has 0 saturated carbocycles. The fraction of sp³-hybridized carbons (Fsp3) is 0.286. The van der Waals surface area contributed by atoms with Crippen molar-refractivity contribution in [3.8, 4) is 0 Å². The van der Waals surface area contributed by atoms with Gasteiger partial charge in [0, 0.05) is 6.54 Å². The first-order chi connectivity index (χ1) is 5.75. The van der Waals surface area contributed by atoms with Crippen molar-refractivity contribution in [2.24, 2.45) is 0 Å². The fourth-order valence-corrected chi connectivity index (χ4v) is 1.46. The Morgan fingerprint density at radius 2 is 2.42 bits per heavy atom. The van der Waals surface area contributed by atoms with Gasteiger partial charge in [0.25, 0.3) is 0 Å². The standard InChI is InChI=1S/C7H7BrN2O2/c8-6-2-1-5(12-6)4-3-9-7(11)10-4/h1-2,4H,3H2,(H2,9,10,11)/t4-/m0/s1. The Morgan fingerprint density at radius 1 is 1.58 bits per heavy atom. The van der Waals surface area contributed by atoms with Gasteiger partial charge < -0.3 is 15.1 Å². The largest absolute Gasteiger partial charge is 0.452 e. The zero-order chi connectivity index (χ0) is 8.55. The highest BCUT2D eigenvalue weighted by molar-refractivity contribution is 9.10. The first-order valence-corrected chi connectivity index (χ1v) is 4.34. The predicted molar refractivity (Wildman–Crippen MR) is 45.7 cm³/mol. The average molecular weight is 231 g/mol. The molecule has 0 spiro atoms. The van der Waals surface area contributed by atoms with Crippen LogP contribution in [0.5, 0.6) is 0 Å². The number of rotatable bonds is 1. The van der Waals surface area contributed by atoms with Gasteiger partial charge in [-0.2, -0.15) is 0 Å². The number of carbonyl (C=O) groups excluding carboxylic acids is 1. The Labute approximate surface area is 77.4 Å². The molecule has 2 amide bonds. The summed E-state index contributed by atoms with van der Waals surface area (Å²) in [6.45, 7) is 0.582. The quantitative estimate of drug-likeness (QED) is 0.767. The van der Waals surface area contributed by atoms with Crippen LogP contribution in [0, 0.1) is 0 Å². The number of furan rings is 1. The first-order valence-electron chi connectivity index (χ1n) is 3.55. The highest BCUT2D eigenvalue weighted by atomic mass is 79.9. The molecule has 0 aliphatic carbocycles. The number of nitrogens with one attached hydrogen (secondary N) is 2. The molecule has 1 saturated heterocycles. The van der Waals surface area contributed by atoms with Crippen molar-refractivity contribution in [3.05, 3.63) is 22.6 Å². The van der Waals surface area contributed by atoms with Crippen LogP contribution in [-0.2, 0) is 0 Å². The first kappa shape index (κ1) is 7.67. The molecular weight excluding hydrogens is 224 g/mol. The maximum absolute atomic E-state index is 10.8. The van der Waals surface area contributed by atoms with E-state index < -0.39 is 0 Å². The monoisotopic (exact) mass is 230 g/mol. The Kier molecular flexibility index (Phi) is 1.80. The molecule has 0 unspecified atom stereocenters. The van der Waals surface area contributed by atoms with E-state index in [0.717, 1.165) is 5.76 Å². The molecule has 0 aromatic carbocycles. The molecule has 4 nitrogen and oxygen atoms in total. The maximum Gasteiger partial charge on any atom is 0.315 e. The van der Waals surface area contributed by atoms with Crippen molar-refractivity contribution in [1.82, 2.24) is 10.6 Å². The molecule has 1 aromatic heterocycles. The number of hydrogen-bond acceptors (Lipinski definition) is 2. The van der Waals surface area contributed by atoms with Gasteiger partial charge in [-0.25, -0.2) is 4.79 Å². The van der Waals surface area contributed by atoms with E-state index in [1.165, 1.54) is 0 Å². The number of urea groups is 1. The molecule has 0 radical (unpaired) electrons. The number of carbonyl (C=O) groups is 1. The third-order valence-electron chi connectivity index (χ3n) is 1.71. The van der Waals surface area contributed by atoms with Crippen molar-refractivity contribution in [2.75, 3.05) is 6.54 Å². The van der Waals surface area contributed by atoms with Crippen LogP contribution in [0.2, 0.25) is 0 Å². The molecule has 5 heteroatoms. The topological polar surface area (TPSA) is 54.3 Å². The minimum atomic E-state index is -0.146. The van der Waals surface area contributed by atoms with E-state index in [9.17, 15) is 4.79 Å². The molecule has 2 rings (SSSR count). The summed E-state index contributed by atoms with van der Waals surface area (Å²) < 4.78 is 5.96. The molecule has 64 valence electrons. The van der Waals surface area contributed by atoms with E-state index in [0.29, 0.717) is 11.2 Å². The third kappa shape index (κ3) is 1.32. The summed E-state index contributed by atoms with van der Waals surface area (Å²) in [7, 11) is 0. The van der Waals surface area contributed by atoms with Gasteiger partial charge in [-0.3, -0.25) is 0 Å². The molecule has 1 fully saturated rings. The van der Waals surface area contributed by atoms with Gasteiger partial charge in [-0.05, 0) is 28.1 Å². The highest BCUT2D eigenvalue weighted by Gasteiger charge is 2.23. The van der Waals surface area contributed by atoms with Crippen LogP contribution in [-0.4, -0.2) is 12.6 Å². The lowest BCUT2D eigenvalue weighted by Crippen LogP contribution is -2.21. The van der Waals surface area contributed by atoms with Crippen molar-refractivity contribution in [3.63, 3.8) is 0 Å². The fourth-order valence-electron chi connectivity index (χ4n) is 1.14. The predicted octanol–water partition coefficient (Wildman–Crippen LogP) is 1.40. The lowest BCUT2D eigenvalue weighted by molar-refractivity contribution is 0.247. The molecule has 1 aliphatic rings. The molecule has 12 heavy (non-hydrogen) atoms. The van der Waals surface area contributed by atoms with Crippen LogP contribution in [0.25, 0.3) is 0 Å². The van der Waals surface area contributed by atoms with Gasteiger partial charge in [-0.15, -0.1) is 0 Å². The van der Waals surface area contributed by atoms with Gasteiger partial charge in [0.2, 0.25) is 0 Å². The number of hydrogen-bond donors (Lipinski definition) is 2. The molecule has 2 heterocycles. The second-order valence-corrected chi connectivity index (χ2v) is 3.33. The van der Waals surface area contributed by atoms with Crippen molar-refractivity contribution in [2.45, 2.75) is 6.04 Å². The van der Waals surface area contributed by atoms with E-state index in [-0.39, 0.29) is 12.1 Å². The van der Waals surface area contributed by atoms with Gasteiger partial charge in [0.1, 0.15) is 11.8 Å². The minimum Gasteiger partial charge on any atom is -0.452 e. The summed E-state index contributed by atoms with van der Waals surface area (Å²) in [5, 5.41) is 5.37. The normalized spacial score (nSPS) is 22.1. The Balaban J connectivity index is 2.15. The van der Waals surface area contributed by atoms with Gasteiger partial charge in [-0.1, -0.05) is 0 Å². The summed E-state index contributed by atoms with van der Waals surface area (Å²) in [5.74, 6) is 0.764. The second-order valence-electron chi connectivity index (χ2n) is 2.55. The molecule has 1 aromatic rings. The third-order valence-corrected chi connectivity index (χ3v) is 2.14. The second kappa shape index (κ2) is 2.82. The smallest absolute Gasteiger partial charge is 0.315 e. The van der Waals surface area contributed by atoms with E-state index >= 15 is 0 Å². The van der Waals surface area contributed by atoms with Crippen LogP contribution in [0.15, 0.2) is 21.2 Å². The summed E-state index contributed by atoms with van der Waals surface area (Å²) >= 11 is 3.19. The van der Waals surface area contributed by atoms with Crippen LogP contribution < -0.4 is 10.6 Å². The lowest BCUT2D eigenvalue weighted by atomic mass is 10.2. The summed E-state index contributed by atoms with van der Waals surface area (Å²) in [6, 6.07) is 3.46. The van der Waals surface area contributed by atoms with Crippen LogP contribution in [0.1, 0.15) is 11.8 Å². The highest BCUT2D eigenvalue weighted by Crippen LogP contribution is 2.21. The van der Waals surface area contributed by atoms with Crippen molar-refractivity contribution >= 4 is 22.0 Å². The Morgan fingerprint density at radius 3 is 2.92 bits per heavy atom. The van der Waals surface area contributed by atoms with Crippen LogP contribution >= 0.6 is 15.9 Å². The van der Waals surface area contributed by atoms with Gasteiger partial charge >= 0.3 is 6.03 Å². The zero-order valence-corrected chi connectivity index (χ0v) is 7.72. The zero-order valence-electron chi connectivity index (χ0n) is 6.13. The summed E-state index contributed by atoms with van der Waals surface area (Å²) in [5.41, 5.74) is 0. The van der Waals surface area contributed by atoms with Crippen LogP contribution in [0.4, 0.5) is 4.79 Å². The SMILES string of the molecule is O=C1NC[C@@H](c2ccc(Br)o2)N1. The summed E-state index contributed by atoms with van der Waals surface area (Å²) in [4.78, 5) is 10.8. The Bertz CT molecular complexity index is 310. The Hall–Kier alpha value is -0.970. The molecular formula is C7H7BrN2O2. The molecule has 1 atom stereocenters. The molecule has 2 N–H and O–H groups in total. The van der Waals surface area contributed by atoms with Crippen molar-refractivity contribution < 1.29 is 9.21 Å². The van der Waals surface area contributed by atoms with Crippen molar-refractivity contribution in [1.29, 1.82) is 0 Å². The van der Waals surface area contributed by atoms with Gasteiger partial charge in [0.05, 0.1) is 0 Å². The molecule has 1 aliphatic heterocycles. The summed E-state index contributed by atoms with van der Waals surface area (Å²) in [6.07, 6.45) is 0. The number of halogens is 1. The van der Waals surface area contributed by atoms with Gasteiger partial charge in [0.15, 0.2) is 4.67 Å². The van der Waals surface area contributed by atoms with E-state index in [2.05, 4.69) is 26.6 Å². The maximum atomic E-state index is 10.8.